The van der Waals surface area contributed by atoms with Crippen molar-refractivity contribution in [3.8, 4) is 0 Å². The van der Waals surface area contributed by atoms with Crippen molar-refractivity contribution in [2.45, 2.75) is 25.9 Å². The summed E-state index contributed by atoms with van der Waals surface area (Å²) in [7, 11) is 4.10. The minimum atomic E-state index is 0.617. The first kappa shape index (κ1) is 11.9. The first-order valence-corrected chi connectivity index (χ1v) is 6.06. The Hall–Kier alpha value is -0.580. The Labute approximate surface area is 102 Å². The van der Waals surface area contributed by atoms with E-state index < -0.39 is 0 Å². The zero-order chi connectivity index (χ0) is 11.7. The lowest BCUT2D eigenvalue weighted by atomic mass is 10.2. The largest absolute Gasteiger partial charge is 0.315 e. The molecule has 16 heavy (non-hydrogen) atoms. The molecule has 1 fully saturated rings. The predicted octanol–water partition coefficient (Wildman–Crippen LogP) is 1.18. The van der Waals surface area contributed by atoms with Gasteiger partial charge in [0.2, 0.25) is 0 Å². The van der Waals surface area contributed by atoms with Crippen molar-refractivity contribution in [3.05, 3.63) is 16.4 Å². The van der Waals surface area contributed by atoms with Gasteiger partial charge in [-0.05, 0) is 26.9 Å². The standard InChI is InChI=1S/C11H19ClN4/c1-8-11(12)10(16(3)14-8)7-15(2)9-4-5-13-6-9/h9,13H,4-7H2,1-3H3. The quantitative estimate of drug-likeness (QED) is 0.864. The molecule has 0 radical (unpaired) electrons. The van der Waals surface area contributed by atoms with Gasteiger partial charge in [-0.25, -0.2) is 0 Å². The highest BCUT2D eigenvalue weighted by Crippen LogP contribution is 2.21. The Balaban J connectivity index is 2.07. The molecule has 5 heteroatoms. The van der Waals surface area contributed by atoms with E-state index in [4.69, 9.17) is 11.6 Å². The van der Waals surface area contributed by atoms with E-state index in [1.54, 1.807) is 0 Å². The number of likely N-dealkylation sites (N-methyl/N-ethyl adjacent to an activating group) is 1. The lowest BCUT2D eigenvalue weighted by Gasteiger charge is -2.23. The molecule has 1 saturated heterocycles. The lowest BCUT2D eigenvalue weighted by molar-refractivity contribution is 0.243. The summed E-state index contributed by atoms with van der Waals surface area (Å²) in [6.07, 6.45) is 1.21. The van der Waals surface area contributed by atoms with Crippen LogP contribution in [0.2, 0.25) is 5.02 Å². The second-order valence-corrected chi connectivity index (χ2v) is 4.91. The zero-order valence-corrected chi connectivity index (χ0v) is 10.9. The first-order chi connectivity index (χ1) is 7.59. The third-order valence-corrected chi connectivity index (χ3v) is 3.81. The van der Waals surface area contributed by atoms with Gasteiger partial charge in [-0.1, -0.05) is 11.6 Å². The molecule has 1 atom stereocenters. The average molecular weight is 243 g/mol. The number of aryl methyl sites for hydroxylation is 2. The van der Waals surface area contributed by atoms with Gasteiger partial charge in [0.25, 0.3) is 0 Å². The number of rotatable bonds is 3. The van der Waals surface area contributed by atoms with Gasteiger partial charge in [-0.3, -0.25) is 9.58 Å². The molecule has 0 spiro atoms. The van der Waals surface area contributed by atoms with E-state index in [9.17, 15) is 0 Å². The molecule has 1 unspecified atom stereocenters. The number of nitrogens with one attached hydrogen (secondary N) is 1. The SMILES string of the molecule is Cc1nn(C)c(CN(C)C2CCNC2)c1Cl. The second-order valence-electron chi connectivity index (χ2n) is 4.53. The van der Waals surface area contributed by atoms with Gasteiger partial charge >= 0.3 is 0 Å². The molecule has 0 saturated carbocycles. The van der Waals surface area contributed by atoms with Crippen molar-refractivity contribution in [1.29, 1.82) is 0 Å². The molecule has 0 aliphatic carbocycles. The fraction of sp³-hybridized carbons (Fsp3) is 0.727. The first-order valence-electron chi connectivity index (χ1n) is 5.68. The summed E-state index contributed by atoms with van der Waals surface area (Å²) in [4.78, 5) is 2.35. The number of halogens is 1. The monoisotopic (exact) mass is 242 g/mol. The fourth-order valence-electron chi connectivity index (χ4n) is 2.23. The molecule has 4 nitrogen and oxygen atoms in total. The lowest BCUT2D eigenvalue weighted by Crippen LogP contribution is -2.33. The van der Waals surface area contributed by atoms with Crippen molar-refractivity contribution >= 4 is 11.6 Å². The van der Waals surface area contributed by atoms with Gasteiger partial charge in [0.15, 0.2) is 0 Å². The minimum absolute atomic E-state index is 0.617. The predicted molar refractivity (Wildman–Crippen MR) is 65.7 cm³/mol. The Morgan fingerprint density at radius 2 is 2.38 bits per heavy atom. The Morgan fingerprint density at radius 1 is 1.62 bits per heavy atom. The highest BCUT2D eigenvalue weighted by molar-refractivity contribution is 6.31. The number of nitrogens with zero attached hydrogens (tertiary/aromatic N) is 3. The molecule has 1 aliphatic heterocycles. The van der Waals surface area contributed by atoms with Crippen LogP contribution in [-0.4, -0.2) is 40.9 Å². The third-order valence-electron chi connectivity index (χ3n) is 3.32. The summed E-state index contributed by atoms with van der Waals surface area (Å²) >= 11 is 6.24. The maximum Gasteiger partial charge on any atom is 0.0860 e. The van der Waals surface area contributed by atoms with Gasteiger partial charge in [-0.2, -0.15) is 5.10 Å². The molecule has 0 aromatic carbocycles. The Bertz CT molecular complexity index is 368. The van der Waals surface area contributed by atoms with Crippen molar-refractivity contribution in [2.75, 3.05) is 20.1 Å². The molecule has 2 rings (SSSR count). The maximum absolute atomic E-state index is 6.24. The summed E-state index contributed by atoms with van der Waals surface area (Å²) in [5.41, 5.74) is 2.02. The third kappa shape index (κ3) is 2.24. The van der Waals surface area contributed by atoms with Crippen molar-refractivity contribution in [1.82, 2.24) is 20.0 Å². The summed E-state index contributed by atoms with van der Waals surface area (Å²) in [6, 6.07) is 0.617. The number of aromatic nitrogens is 2. The normalized spacial score (nSPS) is 20.9. The number of hydrogen-bond donors (Lipinski definition) is 1. The van der Waals surface area contributed by atoms with Gasteiger partial charge in [0.05, 0.1) is 16.4 Å². The van der Waals surface area contributed by atoms with Crippen LogP contribution in [0.1, 0.15) is 17.8 Å². The van der Waals surface area contributed by atoms with E-state index in [2.05, 4.69) is 22.4 Å². The Morgan fingerprint density at radius 3 is 2.88 bits per heavy atom. The van der Waals surface area contributed by atoms with Crippen LogP contribution in [-0.2, 0) is 13.6 Å². The molecule has 90 valence electrons. The van der Waals surface area contributed by atoms with Crippen LogP contribution >= 0.6 is 11.6 Å². The molecule has 0 bridgehead atoms. The zero-order valence-electron chi connectivity index (χ0n) is 10.1. The van der Waals surface area contributed by atoms with E-state index in [1.807, 2.05) is 18.7 Å². The maximum atomic E-state index is 6.24. The summed E-state index contributed by atoms with van der Waals surface area (Å²) in [6.45, 7) is 5.00. The van der Waals surface area contributed by atoms with E-state index in [0.717, 1.165) is 36.0 Å². The van der Waals surface area contributed by atoms with Gasteiger partial charge in [-0.15, -0.1) is 0 Å². The van der Waals surface area contributed by atoms with Crippen LogP contribution in [0.15, 0.2) is 0 Å². The molecular weight excluding hydrogens is 224 g/mol. The van der Waals surface area contributed by atoms with Crippen LogP contribution < -0.4 is 5.32 Å². The average Bonchev–Trinajstić information content (AvgIpc) is 2.83. The second kappa shape index (κ2) is 4.73. The van der Waals surface area contributed by atoms with E-state index in [1.165, 1.54) is 6.42 Å². The fourth-order valence-corrected chi connectivity index (χ4v) is 2.45. The van der Waals surface area contributed by atoms with Crippen molar-refractivity contribution in [3.63, 3.8) is 0 Å². The van der Waals surface area contributed by atoms with Crippen LogP contribution in [0.25, 0.3) is 0 Å². The number of hydrogen-bond acceptors (Lipinski definition) is 3. The molecule has 1 aliphatic rings. The summed E-state index contributed by atoms with van der Waals surface area (Å²) in [5, 5.41) is 8.51. The van der Waals surface area contributed by atoms with Crippen LogP contribution in [0, 0.1) is 6.92 Å². The van der Waals surface area contributed by atoms with E-state index in [0.29, 0.717) is 6.04 Å². The van der Waals surface area contributed by atoms with Crippen LogP contribution in [0.5, 0.6) is 0 Å². The Kier molecular flexibility index (Phi) is 3.52. The smallest absolute Gasteiger partial charge is 0.0860 e. The van der Waals surface area contributed by atoms with Crippen molar-refractivity contribution < 1.29 is 0 Å². The molecule has 0 amide bonds. The van der Waals surface area contributed by atoms with Gasteiger partial charge in [0, 0.05) is 26.2 Å². The molecule has 1 aromatic rings. The molecule has 1 N–H and O–H groups in total. The van der Waals surface area contributed by atoms with E-state index >= 15 is 0 Å². The van der Waals surface area contributed by atoms with E-state index in [-0.39, 0.29) is 0 Å². The molecular formula is C11H19ClN4. The topological polar surface area (TPSA) is 33.1 Å². The minimum Gasteiger partial charge on any atom is -0.315 e. The van der Waals surface area contributed by atoms with Gasteiger partial charge in [0.1, 0.15) is 0 Å². The summed E-state index contributed by atoms with van der Waals surface area (Å²) in [5.74, 6) is 0. The highest BCUT2D eigenvalue weighted by atomic mass is 35.5. The highest BCUT2D eigenvalue weighted by Gasteiger charge is 2.21. The molecule has 1 aromatic heterocycles. The van der Waals surface area contributed by atoms with Crippen molar-refractivity contribution in [2.24, 2.45) is 7.05 Å². The van der Waals surface area contributed by atoms with Gasteiger partial charge < -0.3 is 5.32 Å². The van der Waals surface area contributed by atoms with Crippen LogP contribution in [0.4, 0.5) is 0 Å². The van der Waals surface area contributed by atoms with Crippen LogP contribution in [0.3, 0.4) is 0 Å². The summed E-state index contributed by atoms with van der Waals surface area (Å²) < 4.78 is 1.89. The molecule has 2 heterocycles.